The van der Waals surface area contributed by atoms with Gasteiger partial charge in [0.15, 0.2) is 0 Å². The van der Waals surface area contributed by atoms with Crippen LogP contribution in [0.25, 0.3) is 0 Å². The second-order valence-corrected chi connectivity index (χ2v) is 10.7. The van der Waals surface area contributed by atoms with Crippen LogP contribution in [0.15, 0.2) is 0 Å². The summed E-state index contributed by atoms with van der Waals surface area (Å²) in [5, 5.41) is 10.2. The van der Waals surface area contributed by atoms with Crippen molar-refractivity contribution in [3.05, 3.63) is 0 Å². The molecule has 1 spiro atoms. The third-order valence-corrected chi connectivity index (χ3v) is 10.3. The first kappa shape index (κ1) is 15.0. The lowest BCUT2D eigenvalue weighted by Crippen LogP contribution is -2.55. The van der Waals surface area contributed by atoms with Crippen LogP contribution in [-0.4, -0.2) is 23.4 Å². The number of epoxide rings is 1. The van der Waals surface area contributed by atoms with Crippen LogP contribution in [0.1, 0.15) is 77.6 Å². The Hall–Kier alpha value is -0.0800. The molecule has 0 amide bonds. The molecule has 2 nitrogen and oxygen atoms in total. The van der Waals surface area contributed by atoms with Gasteiger partial charge < -0.3 is 9.84 Å². The Balaban J connectivity index is 1.32. The third kappa shape index (κ3) is 1.76. The predicted octanol–water partition coefficient (Wildman–Crippen LogP) is 4.55. The smallest absolute Gasteiger partial charge is 0.0875 e. The van der Waals surface area contributed by atoms with Gasteiger partial charge in [0.05, 0.1) is 18.3 Å². The zero-order valence-corrected chi connectivity index (χ0v) is 15.3. The quantitative estimate of drug-likeness (QED) is 0.661. The molecule has 5 saturated carbocycles. The Morgan fingerprint density at radius 3 is 2.58 bits per heavy atom. The summed E-state index contributed by atoms with van der Waals surface area (Å²) in [5.74, 6) is 4.68. The largest absolute Gasteiger partial charge is 0.393 e. The van der Waals surface area contributed by atoms with Crippen molar-refractivity contribution in [1.82, 2.24) is 0 Å². The molecule has 5 aliphatic carbocycles. The fraction of sp³-hybridized carbons (Fsp3) is 1.00. The second-order valence-electron chi connectivity index (χ2n) is 10.7. The van der Waals surface area contributed by atoms with Crippen LogP contribution in [-0.2, 0) is 4.74 Å². The molecule has 1 heterocycles. The van der Waals surface area contributed by atoms with Crippen molar-refractivity contribution < 1.29 is 9.84 Å². The van der Waals surface area contributed by atoms with Crippen molar-refractivity contribution in [3.63, 3.8) is 0 Å². The topological polar surface area (TPSA) is 32.8 Å². The average Bonchev–Trinajstić information content (AvgIpc) is 3.26. The first-order chi connectivity index (χ1) is 11.6. The normalized spacial score (nSPS) is 64.2. The number of hydrogen-bond acceptors (Lipinski definition) is 2. The number of aliphatic hydroxyl groups excluding tert-OH is 1. The van der Waals surface area contributed by atoms with Crippen molar-refractivity contribution in [3.8, 4) is 0 Å². The summed E-state index contributed by atoms with van der Waals surface area (Å²) in [4.78, 5) is 0. The van der Waals surface area contributed by atoms with Gasteiger partial charge in [0, 0.05) is 0 Å². The fourth-order valence-electron chi connectivity index (χ4n) is 9.23. The Morgan fingerprint density at radius 2 is 1.67 bits per heavy atom. The van der Waals surface area contributed by atoms with Gasteiger partial charge in [0.25, 0.3) is 0 Å². The fourth-order valence-corrected chi connectivity index (χ4v) is 9.23. The van der Waals surface area contributed by atoms with E-state index in [9.17, 15) is 5.11 Å². The van der Waals surface area contributed by atoms with Gasteiger partial charge in [-0.15, -0.1) is 0 Å². The van der Waals surface area contributed by atoms with Gasteiger partial charge in [-0.2, -0.15) is 0 Å². The van der Waals surface area contributed by atoms with Crippen LogP contribution >= 0.6 is 0 Å². The van der Waals surface area contributed by atoms with Crippen molar-refractivity contribution in [1.29, 1.82) is 0 Å². The van der Waals surface area contributed by atoms with Crippen LogP contribution < -0.4 is 0 Å². The molecule has 6 aliphatic rings. The molecule has 10 atom stereocenters. The number of hydrogen-bond donors (Lipinski definition) is 1. The molecule has 1 aliphatic heterocycles. The van der Waals surface area contributed by atoms with Crippen LogP contribution in [0.4, 0.5) is 0 Å². The SMILES string of the molecule is C[C@]12CC[C@@H](O)C[C@@H]1CC[C@@H]1[C@@H]2CC[C@@]23CCC4O[C@H]4[C@H]2CC[C@@H]13. The van der Waals surface area contributed by atoms with E-state index in [-0.39, 0.29) is 6.10 Å². The van der Waals surface area contributed by atoms with E-state index >= 15 is 0 Å². The van der Waals surface area contributed by atoms with Crippen molar-refractivity contribution >= 4 is 0 Å². The minimum absolute atomic E-state index is 0.00675. The van der Waals surface area contributed by atoms with Gasteiger partial charge in [0.2, 0.25) is 0 Å². The molecule has 0 bridgehead atoms. The summed E-state index contributed by atoms with van der Waals surface area (Å²) in [6.07, 6.45) is 16.4. The Labute approximate surface area is 146 Å². The summed E-state index contributed by atoms with van der Waals surface area (Å²) < 4.78 is 6.06. The maximum Gasteiger partial charge on any atom is 0.0875 e. The van der Waals surface area contributed by atoms with E-state index in [1.807, 2.05) is 0 Å². The highest BCUT2D eigenvalue weighted by molar-refractivity contribution is 5.16. The van der Waals surface area contributed by atoms with Crippen LogP contribution in [0, 0.1) is 40.4 Å². The van der Waals surface area contributed by atoms with Crippen molar-refractivity contribution in [2.24, 2.45) is 40.4 Å². The Bertz CT molecular complexity index is 546. The minimum atomic E-state index is -0.00675. The highest BCUT2D eigenvalue weighted by Gasteiger charge is 2.67. The predicted molar refractivity (Wildman–Crippen MR) is 93.4 cm³/mol. The minimum Gasteiger partial charge on any atom is -0.393 e. The standard InChI is InChI=1S/C22H34O2/c1-21-9-6-14(23)12-13(21)2-3-15-16(21)7-10-22-11-8-19-20(24-19)18(22)5-4-17(15)22/h13-20,23H,2-12H2,1H3/t13-,14+,15+,16-,17-,18+,19?,20-,21-,22-/m0/s1. The van der Waals surface area contributed by atoms with E-state index in [4.69, 9.17) is 4.74 Å². The van der Waals surface area contributed by atoms with E-state index < -0.39 is 0 Å². The molecular formula is C22H34O2. The van der Waals surface area contributed by atoms with E-state index in [2.05, 4.69) is 6.92 Å². The van der Waals surface area contributed by atoms with Crippen molar-refractivity contribution in [2.45, 2.75) is 95.9 Å². The lowest BCUT2D eigenvalue weighted by molar-refractivity contribution is -0.134. The van der Waals surface area contributed by atoms with Gasteiger partial charge in [-0.1, -0.05) is 6.92 Å². The molecule has 1 unspecified atom stereocenters. The summed E-state index contributed by atoms with van der Waals surface area (Å²) in [6.45, 7) is 2.62. The summed E-state index contributed by atoms with van der Waals surface area (Å²) in [5.41, 5.74) is 1.21. The Morgan fingerprint density at radius 1 is 0.833 bits per heavy atom. The molecule has 0 aromatic heterocycles. The van der Waals surface area contributed by atoms with Gasteiger partial charge in [-0.25, -0.2) is 0 Å². The highest BCUT2D eigenvalue weighted by atomic mass is 16.6. The summed E-state index contributed by atoms with van der Waals surface area (Å²) in [7, 11) is 0. The zero-order valence-electron chi connectivity index (χ0n) is 15.3. The summed E-state index contributed by atoms with van der Waals surface area (Å²) >= 11 is 0. The van der Waals surface area contributed by atoms with E-state index in [0.717, 1.165) is 42.4 Å². The molecule has 1 saturated heterocycles. The molecule has 24 heavy (non-hydrogen) atoms. The monoisotopic (exact) mass is 330 g/mol. The van der Waals surface area contributed by atoms with Gasteiger partial charge >= 0.3 is 0 Å². The van der Waals surface area contributed by atoms with E-state index in [0.29, 0.717) is 23.0 Å². The second kappa shape index (κ2) is 4.80. The number of rotatable bonds is 0. The van der Waals surface area contributed by atoms with Gasteiger partial charge in [-0.05, 0) is 111 Å². The third-order valence-electron chi connectivity index (χ3n) is 10.3. The van der Waals surface area contributed by atoms with Crippen LogP contribution in [0.3, 0.4) is 0 Å². The van der Waals surface area contributed by atoms with Gasteiger partial charge in [0.1, 0.15) is 0 Å². The maximum atomic E-state index is 10.2. The molecule has 6 fully saturated rings. The number of fused-ring (bicyclic) bond motifs is 6. The molecule has 1 N–H and O–H groups in total. The summed E-state index contributed by atoms with van der Waals surface area (Å²) in [6, 6.07) is 0. The maximum absolute atomic E-state index is 10.2. The molecule has 2 heteroatoms. The van der Waals surface area contributed by atoms with Crippen LogP contribution in [0.2, 0.25) is 0 Å². The Kier molecular flexibility index (Phi) is 3.00. The molecular weight excluding hydrogens is 296 g/mol. The van der Waals surface area contributed by atoms with Crippen LogP contribution in [0.5, 0.6) is 0 Å². The molecule has 134 valence electrons. The molecule has 0 aromatic rings. The molecule has 0 radical (unpaired) electrons. The average molecular weight is 331 g/mol. The zero-order chi connectivity index (χ0) is 16.1. The van der Waals surface area contributed by atoms with Gasteiger partial charge in [-0.3, -0.25) is 0 Å². The molecule has 6 rings (SSSR count). The lowest BCUT2D eigenvalue weighted by atomic mass is 9.43. The highest BCUT2D eigenvalue weighted by Crippen LogP contribution is 2.71. The number of aliphatic hydroxyl groups is 1. The first-order valence-corrected chi connectivity index (χ1v) is 11.0. The molecule has 0 aromatic carbocycles. The van der Waals surface area contributed by atoms with E-state index in [1.165, 1.54) is 57.8 Å². The first-order valence-electron chi connectivity index (χ1n) is 11.0. The van der Waals surface area contributed by atoms with Crippen molar-refractivity contribution in [2.75, 3.05) is 0 Å². The lowest BCUT2D eigenvalue weighted by Gasteiger charge is -2.62. The van der Waals surface area contributed by atoms with E-state index in [1.54, 1.807) is 0 Å². The number of ether oxygens (including phenoxy) is 1.